The summed E-state index contributed by atoms with van der Waals surface area (Å²) in [6.45, 7) is 4.92. The molecular weight excluding hydrogens is 210 g/mol. The smallest absolute Gasteiger partial charge is 0.107 e. The standard InChI is InChI=1S/C11H14ClN3/c1-8-9(2)15(7-13-8)14-11-5-3-4-10(12)6-11/h3-6,13-14H,7H2,1-2H3. The molecule has 1 aliphatic heterocycles. The molecule has 0 aliphatic carbocycles. The van der Waals surface area contributed by atoms with E-state index < -0.39 is 0 Å². The van der Waals surface area contributed by atoms with Gasteiger partial charge < -0.3 is 5.32 Å². The molecule has 0 amide bonds. The maximum absolute atomic E-state index is 5.91. The number of hydrogen-bond acceptors (Lipinski definition) is 3. The third kappa shape index (κ3) is 2.18. The highest BCUT2D eigenvalue weighted by molar-refractivity contribution is 6.30. The van der Waals surface area contributed by atoms with E-state index in [1.54, 1.807) is 0 Å². The molecule has 15 heavy (non-hydrogen) atoms. The SMILES string of the molecule is CC1=C(C)N(Nc2cccc(Cl)c2)CN1. The number of nitrogens with one attached hydrogen (secondary N) is 2. The summed E-state index contributed by atoms with van der Waals surface area (Å²) < 4.78 is 0. The first-order chi connectivity index (χ1) is 7.16. The third-order valence-corrected chi connectivity index (χ3v) is 2.77. The van der Waals surface area contributed by atoms with Gasteiger partial charge in [0.05, 0.1) is 11.4 Å². The quantitative estimate of drug-likeness (QED) is 0.808. The molecule has 4 heteroatoms. The van der Waals surface area contributed by atoms with Crippen molar-refractivity contribution in [3.63, 3.8) is 0 Å². The van der Waals surface area contributed by atoms with E-state index in [2.05, 4.69) is 29.6 Å². The average Bonchev–Trinajstić information content (AvgIpc) is 2.50. The fraction of sp³-hybridized carbons (Fsp3) is 0.273. The van der Waals surface area contributed by atoms with Gasteiger partial charge in [-0.05, 0) is 32.0 Å². The molecule has 0 fully saturated rings. The van der Waals surface area contributed by atoms with Gasteiger partial charge in [-0.2, -0.15) is 0 Å². The molecular formula is C11H14ClN3. The van der Waals surface area contributed by atoms with E-state index in [0.29, 0.717) is 0 Å². The Morgan fingerprint density at radius 2 is 2.20 bits per heavy atom. The van der Waals surface area contributed by atoms with Gasteiger partial charge in [0.25, 0.3) is 0 Å². The van der Waals surface area contributed by atoms with Crippen molar-refractivity contribution in [2.24, 2.45) is 0 Å². The topological polar surface area (TPSA) is 27.3 Å². The van der Waals surface area contributed by atoms with Crippen molar-refractivity contribution >= 4 is 17.3 Å². The van der Waals surface area contributed by atoms with Crippen LogP contribution in [-0.2, 0) is 0 Å². The van der Waals surface area contributed by atoms with E-state index in [1.807, 2.05) is 24.3 Å². The Bertz CT molecular complexity index is 401. The first kappa shape index (κ1) is 10.2. The van der Waals surface area contributed by atoms with Gasteiger partial charge in [-0.15, -0.1) is 0 Å². The number of hydrazine groups is 1. The maximum atomic E-state index is 5.91. The number of hydrogen-bond donors (Lipinski definition) is 2. The van der Waals surface area contributed by atoms with Crippen LogP contribution in [0.5, 0.6) is 0 Å². The zero-order valence-electron chi connectivity index (χ0n) is 8.84. The number of rotatable bonds is 2. The minimum atomic E-state index is 0.741. The first-order valence-electron chi connectivity index (χ1n) is 4.88. The fourth-order valence-corrected chi connectivity index (χ4v) is 1.67. The molecule has 1 heterocycles. The lowest BCUT2D eigenvalue weighted by Gasteiger charge is -2.21. The zero-order chi connectivity index (χ0) is 10.8. The molecule has 1 aromatic rings. The van der Waals surface area contributed by atoms with E-state index in [1.165, 1.54) is 11.4 Å². The van der Waals surface area contributed by atoms with E-state index in [4.69, 9.17) is 11.6 Å². The highest BCUT2D eigenvalue weighted by Gasteiger charge is 2.14. The fourth-order valence-electron chi connectivity index (χ4n) is 1.48. The molecule has 3 nitrogen and oxygen atoms in total. The number of benzene rings is 1. The molecule has 0 saturated heterocycles. The van der Waals surface area contributed by atoms with Crippen molar-refractivity contribution in [1.29, 1.82) is 0 Å². The van der Waals surface area contributed by atoms with Gasteiger partial charge in [0.2, 0.25) is 0 Å². The van der Waals surface area contributed by atoms with Crippen LogP contribution in [0.25, 0.3) is 0 Å². The largest absolute Gasteiger partial charge is 0.368 e. The Labute approximate surface area is 94.7 Å². The van der Waals surface area contributed by atoms with Crippen molar-refractivity contribution in [2.45, 2.75) is 13.8 Å². The van der Waals surface area contributed by atoms with Crippen molar-refractivity contribution in [3.8, 4) is 0 Å². The summed E-state index contributed by atoms with van der Waals surface area (Å²) in [5.74, 6) is 0. The predicted octanol–water partition coefficient (Wildman–Crippen LogP) is 2.78. The molecule has 0 radical (unpaired) electrons. The lowest BCUT2D eigenvalue weighted by molar-refractivity contribution is 0.434. The van der Waals surface area contributed by atoms with Crippen LogP contribution in [0, 0.1) is 0 Å². The highest BCUT2D eigenvalue weighted by atomic mass is 35.5. The van der Waals surface area contributed by atoms with Crippen molar-refractivity contribution in [2.75, 3.05) is 12.1 Å². The van der Waals surface area contributed by atoms with Gasteiger partial charge in [-0.25, -0.2) is 0 Å². The van der Waals surface area contributed by atoms with Crippen LogP contribution >= 0.6 is 11.6 Å². The van der Waals surface area contributed by atoms with Gasteiger partial charge in [-0.1, -0.05) is 17.7 Å². The Morgan fingerprint density at radius 1 is 1.40 bits per heavy atom. The second-order valence-electron chi connectivity index (χ2n) is 3.60. The molecule has 1 aromatic carbocycles. The van der Waals surface area contributed by atoms with Gasteiger partial charge in [-0.3, -0.25) is 10.4 Å². The van der Waals surface area contributed by atoms with Crippen LogP contribution in [0.4, 0.5) is 5.69 Å². The van der Waals surface area contributed by atoms with E-state index in [-0.39, 0.29) is 0 Å². The molecule has 0 bridgehead atoms. The Kier molecular flexibility index (Phi) is 2.73. The van der Waals surface area contributed by atoms with E-state index >= 15 is 0 Å². The molecule has 0 unspecified atom stereocenters. The summed E-state index contributed by atoms with van der Waals surface area (Å²) in [6, 6.07) is 7.69. The monoisotopic (exact) mass is 223 g/mol. The Morgan fingerprint density at radius 3 is 2.80 bits per heavy atom. The highest BCUT2D eigenvalue weighted by Crippen LogP contribution is 2.19. The number of nitrogens with zero attached hydrogens (tertiary/aromatic N) is 1. The Balaban J connectivity index is 2.10. The summed E-state index contributed by atoms with van der Waals surface area (Å²) in [6.07, 6.45) is 0. The Hall–Kier alpha value is -1.35. The van der Waals surface area contributed by atoms with Crippen molar-refractivity contribution in [1.82, 2.24) is 10.3 Å². The molecule has 2 rings (SSSR count). The van der Waals surface area contributed by atoms with Crippen LogP contribution in [0.2, 0.25) is 5.02 Å². The van der Waals surface area contributed by atoms with Gasteiger partial charge in [0, 0.05) is 10.7 Å². The predicted molar refractivity (Wildman–Crippen MR) is 63.3 cm³/mol. The van der Waals surface area contributed by atoms with Crippen LogP contribution in [0.3, 0.4) is 0 Å². The van der Waals surface area contributed by atoms with E-state index in [0.717, 1.165) is 17.4 Å². The first-order valence-corrected chi connectivity index (χ1v) is 5.26. The summed E-state index contributed by atoms with van der Waals surface area (Å²) in [7, 11) is 0. The zero-order valence-corrected chi connectivity index (χ0v) is 9.60. The summed E-state index contributed by atoms with van der Waals surface area (Å²) >= 11 is 5.91. The second-order valence-corrected chi connectivity index (χ2v) is 4.03. The molecule has 2 N–H and O–H groups in total. The average molecular weight is 224 g/mol. The lowest BCUT2D eigenvalue weighted by Crippen LogP contribution is -2.28. The van der Waals surface area contributed by atoms with Gasteiger partial charge >= 0.3 is 0 Å². The molecule has 0 aromatic heterocycles. The van der Waals surface area contributed by atoms with Crippen molar-refractivity contribution < 1.29 is 0 Å². The molecule has 80 valence electrons. The second kappa shape index (κ2) is 4.03. The minimum absolute atomic E-state index is 0.741. The number of allylic oxidation sites excluding steroid dienone is 2. The minimum Gasteiger partial charge on any atom is -0.368 e. The number of anilines is 1. The summed E-state index contributed by atoms with van der Waals surface area (Å²) in [5.41, 5.74) is 6.69. The summed E-state index contributed by atoms with van der Waals surface area (Å²) in [5, 5.41) is 6.06. The molecule has 1 aliphatic rings. The van der Waals surface area contributed by atoms with Crippen LogP contribution in [-0.4, -0.2) is 11.7 Å². The van der Waals surface area contributed by atoms with Crippen molar-refractivity contribution in [3.05, 3.63) is 40.7 Å². The molecule has 0 spiro atoms. The van der Waals surface area contributed by atoms with Gasteiger partial charge in [0.1, 0.15) is 6.67 Å². The lowest BCUT2D eigenvalue weighted by atomic mass is 10.3. The number of halogens is 1. The van der Waals surface area contributed by atoms with Gasteiger partial charge in [0.15, 0.2) is 0 Å². The van der Waals surface area contributed by atoms with Crippen LogP contribution in [0.15, 0.2) is 35.7 Å². The van der Waals surface area contributed by atoms with Crippen LogP contribution in [0.1, 0.15) is 13.8 Å². The van der Waals surface area contributed by atoms with E-state index in [9.17, 15) is 0 Å². The van der Waals surface area contributed by atoms with Crippen LogP contribution < -0.4 is 10.7 Å². The third-order valence-electron chi connectivity index (χ3n) is 2.54. The molecule has 0 saturated carbocycles. The molecule has 0 atom stereocenters. The maximum Gasteiger partial charge on any atom is 0.107 e. The normalized spacial score (nSPS) is 15.5. The summed E-state index contributed by atoms with van der Waals surface area (Å²) in [4.78, 5) is 0.